The number of thiophene rings is 1. The molecule has 0 saturated carbocycles. The Kier molecular flexibility index (Phi) is 4.03. The van der Waals surface area contributed by atoms with Crippen molar-refractivity contribution in [2.75, 3.05) is 5.73 Å². The SMILES string of the molecule is Cc1noc(CC2(c3ccccc3)CCc3c(sc(N)c3C(N)=O)C2)n1. The van der Waals surface area contributed by atoms with Crippen LogP contribution in [0.5, 0.6) is 0 Å². The number of fused-ring (bicyclic) bond motifs is 1. The lowest BCUT2D eigenvalue weighted by Crippen LogP contribution is -2.35. The Morgan fingerprint density at radius 3 is 2.77 bits per heavy atom. The summed E-state index contributed by atoms with van der Waals surface area (Å²) >= 11 is 1.47. The Bertz CT molecular complexity index is 963. The Hall–Kier alpha value is -2.67. The molecule has 1 atom stereocenters. The van der Waals surface area contributed by atoms with Gasteiger partial charge in [0.25, 0.3) is 5.91 Å². The fraction of sp³-hybridized carbons (Fsp3) is 0.316. The minimum Gasteiger partial charge on any atom is -0.390 e. The monoisotopic (exact) mass is 368 g/mol. The number of nitrogens with zero attached hydrogens (tertiary/aromatic N) is 2. The van der Waals surface area contributed by atoms with E-state index in [-0.39, 0.29) is 5.41 Å². The first-order valence-corrected chi connectivity index (χ1v) is 9.35. The first-order valence-electron chi connectivity index (χ1n) is 8.53. The molecule has 4 N–H and O–H groups in total. The molecule has 26 heavy (non-hydrogen) atoms. The van der Waals surface area contributed by atoms with Crippen molar-refractivity contribution >= 4 is 22.2 Å². The molecule has 2 heterocycles. The van der Waals surface area contributed by atoms with Gasteiger partial charge in [-0.25, -0.2) is 0 Å². The molecule has 0 bridgehead atoms. The Labute approximate surface area is 155 Å². The Morgan fingerprint density at radius 2 is 2.12 bits per heavy atom. The van der Waals surface area contributed by atoms with E-state index in [0.29, 0.717) is 28.7 Å². The molecule has 1 unspecified atom stereocenters. The third-order valence-electron chi connectivity index (χ3n) is 5.16. The standard InChI is InChI=1S/C19H20N4O2S/c1-11-22-15(25-23-11)10-19(12-5-3-2-4-6-12)8-7-13-14(9-19)26-18(21)16(13)17(20)24/h2-6H,7-10,21H2,1H3,(H2,20,24). The van der Waals surface area contributed by atoms with Gasteiger partial charge in [-0.1, -0.05) is 35.5 Å². The van der Waals surface area contributed by atoms with E-state index in [2.05, 4.69) is 22.3 Å². The number of carbonyl (C=O) groups is 1. The van der Waals surface area contributed by atoms with Gasteiger partial charge in [-0.05, 0) is 37.3 Å². The predicted molar refractivity (Wildman–Crippen MR) is 100 cm³/mol. The fourth-order valence-electron chi connectivity index (χ4n) is 3.96. The third kappa shape index (κ3) is 2.78. The number of nitrogens with two attached hydrogens (primary N) is 2. The number of amides is 1. The summed E-state index contributed by atoms with van der Waals surface area (Å²) in [6.45, 7) is 1.82. The van der Waals surface area contributed by atoms with Gasteiger partial charge in [-0.3, -0.25) is 4.79 Å². The van der Waals surface area contributed by atoms with Gasteiger partial charge in [0.15, 0.2) is 5.82 Å². The second kappa shape index (κ2) is 6.25. The van der Waals surface area contributed by atoms with Crippen molar-refractivity contribution in [2.45, 2.75) is 38.0 Å². The molecule has 0 spiro atoms. The van der Waals surface area contributed by atoms with Crippen LogP contribution in [-0.4, -0.2) is 16.0 Å². The summed E-state index contributed by atoms with van der Waals surface area (Å²) in [6.07, 6.45) is 3.04. The first-order chi connectivity index (χ1) is 12.5. The topological polar surface area (TPSA) is 108 Å². The number of rotatable bonds is 4. The van der Waals surface area contributed by atoms with Gasteiger partial charge in [0.2, 0.25) is 5.89 Å². The maximum atomic E-state index is 11.8. The number of hydrogen-bond donors (Lipinski definition) is 2. The smallest absolute Gasteiger partial charge is 0.251 e. The average molecular weight is 368 g/mol. The Balaban J connectivity index is 1.78. The van der Waals surface area contributed by atoms with E-state index in [4.69, 9.17) is 16.0 Å². The summed E-state index contributed by atoms with van der Waals surface area (Å²) in [6, 6.07) is 10.4. The van der Waals surface area contributed by atoms with E-state index >= 15 is 0 Å². The molecule has 3 aromatic rings. The maximum absolute atomic E-state index is 11.8. The second-order valence-electron chi connectivity index (χ2n) is 6.84. The summed E-state index contributed by atoms with van der Waals surface area (Å²) in [5, 5.41) is 4.44. The largest absolute Gasteiger partial charge is 0.390 e. The van der Waals surface area contributed by atoms with Gasteiger partial charge in [0, 0.05) is 16.7 Å². The summed E-state index contributed by atoms with van der Waals surface area (Å²) < 4.78 is 5.41. The molecule has 0 aliphatic heterocycles. The molecule has 7 heteroatoms. The normalized spacial score (nSPS) is 19.3. The maximum Gasteiger partial charge on any atom is 0.251 e. The number of carbonyl (C=O) groups excluding carboxylic acids is 1. The summed E-state index contributed by atoms with van der Waals surface area (Å²) in [5.74, 6) is 0.824. The van der Waals surface area contributed by atoms with Crippen LogP contribution in [0.3, 0.4) is 0 Å². The Morgan fingerprint density at radius 1 is 1.35 bits per heavy atom. The van der Waals surface area contributed by atoms with Crippen molar-refractivity contribution in [3.8, 4) is 0 Å². The van der Waals surface area contributed by atoms with Gasteiger partial charge in [0.1, 0.15) is 0 Å². The molecule has 0 fully saturated rings. The highest BCUT2D eigenvalue weighted by Crippen LogP contribution is 2.46. The number of benzene rings is 1. The van der Waals surface area contributed by atoms with Crippen molar-refractivity contribution < 1.29 is 9.32 Å². The minimum atomic E-state index is -0.445. The predicted octanol–water partition coefficient (Wildman–Crippen LogP) is 2.79. The molecular weight excluding hydrogens is 348 g/mol. The highest BCUT2D eigenvalue weighted by Gasteiger charge is 2.40. The van der Waals surface area contributed by atoms with Crippen LogP contribution < -0.4 is 11.5 Å². The number of anilines is 1. The van der Waals surface area contributed by atoms with Crippen LogP contribution in [-0.2, 0) is 24.7 Å². The number of nitrogen functional groups attached to an aromatic ring is 1. The zero-order chi connectivity index (χ0) is 18.3. The number of aromatic nitrogens is 2. The average Bonchev–Trinajstić information content (AvgIpc) is 3.17. The number of primary amides is 1. The van der Waals surface area contributed by atoms with E-state index in [9.17, 15) is 4.79 Å². The highest BCUT2D eigenvalue weighted by molar-refractivity contribution is 7.16. The van der Waals surface area contributed by atoms with Crippen LogP contribution in [0, 0.1) is 6.92 Å². The van der Waals surface area contributed by atoms with Gasteiger partial charge >= 0.3 is 0 Å². The van der Waals surface area contributed by atoms with Crippen LogP contribution in [0.2, 0.25) is 0 Å². The molecule has 1 amide bonds. The van der Waals surface area contributed by atoms with Gasteiger partial charge < -0.3 is 16.0 Å². The van der Waals surface area contributed by atoms with Gasteiger partial charge in [-0.2, -0.15) is 4.98 Å². The number of hydrogen-bond acceptors (Lipinski definition) is 6. The van der Waals surface area contributed by atoms with Crippen molar-refractivity contribution in [1.29, 1.82) is 0 Å². The third-order valence-corrected chi connectivity index (χ3v) is 6.22. The first kappa shape index (κ1) is 16.8. The number of aryl methyl sites for hydroxylation is 1. The van der Waals surface area contributed by atoms with Crippen molar-refractivity contribution in [1.82, 2.24) is 10.1 Å². The zero-order valence-electron chi connectivity index (χ0n) is 14.5. The van der Waals surface area contributed by atoms with E-state index in [1.54, 1.807) is 0 Å². The quantitative estimate of drug-likeness (QED) is 0.736. The van der Waals surface area contributed by atoms with Crippen molar-refractivity contribution in [3.05, 3.63) is 63.6 Å². The molecule has 1 aliphatic rings. The molecule has 1 aromatic carbocycles. The lowest BCUT2D eigenvalue weighted by atomic mass is 9.67. The molecule has 2 aromatic heterocycles. The molecule has 4 rings (SSSR count). The molecule has 6 nitrogen and oxygen atoms in total. The van der Waals surface area contributed by atoms with Gasteiger partial charge in [0.05, 0.1) is 10.6 Å². The molecule has 0 radical (unpaired) electrons. The van der Waals surface area contributed by atoms with Gasteiger partial charge in [-0.15, -0.1) is 11.3 Å². The summed E-state index contributed by atoms with van der Waals surface area (Å²) in [4.78, 5) is 17.3. The van der Waals surface area contributed by atoms with E-state index in [1.165, 1.54) is 16.9 Å². The molecule has 134 valence electrons. The second-order valence-corrected chi connectivity index (χ2v) is 7.98. The van der Waals surface area contributed by atoms with E-state index < -0.39 is 5.91 Å². The van der Waals surface area contributed by atoms with Crippen LogP contribution in [0.1, 0.15) is 44.5 Å². The summed E-state index contributed by atoms with van der Waals surface area (Å²) in [5.41, 5.74) is 14.2. The van der Waals surface area contributed by atoms with E-state index in [0.717, 1.165) is 29.7 Å². The lowest BCUT2D eigenvalue weighted by molar-refractivity contribution is 0.1000. The van der Waals surface area contributed by atoms with E-state index in [1.807, 2.05) is 25.1 Å². The van der Waals surface area contributed by atoms with Crippen LogP contribution in [0.25, 0.3) is 0 Å². The van der Waals surface area contributed by atoms with Crippen molar-refractivity contribution in [2.24, 2.45) is 5.73 Å². The highest BCUT2D eigenvalue weighted by atomic mass is 32.1. The molecule has 1 aliphatic carbocycles. The zero-order valence-corrected chi connectivity index (χ0v) is 15.3. The van der Waals surface area contributed by atoms with Crippen molar-refractivity contribution in [3.63, 3.8) is 0 Å². The molecule has 0 saturated heterocycles. The molecular formula is C19H20N4O2S. The van der Waals surface area contributed by atoms with Crippen LogP contribution in [0.4, 0.5) is 5.00 Å². The van der Waals surface area contributed by atoms with Crippen LogP contribution >= 0.6 is 11.3 Å². The summed E-state index contributed by atoms with van der Waals surface area (Å²) in [7, 11) is 0. The van der Waals surface area contributed by atoms with Crippen LogP contribution in [0.15, 0.2) is 34.9 Å². The fourth-order valence-corrected chi connectivity index (χ4v) is 5.23. The minimum absolute atomic E-state index is 0.167. The lowest BCUT2D eigenvalue weighted by Gasteiger charge is -2.37.